The molecule has 1 saturated heterocycles. The van der Waals surface area contributed by atoms with E-state index in [1.807, 2.05) is 19.1 Å². The van der Waals surface area contributed by atoms with E-state index in [0.717, 1.165) is 38.5 Å². The Labute approximate surface area is 210 Å². The van der Waals surface area contributed by atoms with Crippen LogP contribution in [0.4, 0.5) is 0 Å². The van der Waals surface area contributed by atoms with Crippen LogP contribution in [0.25, 0.3) is 11.3 Å². The molecule has 5 rings (SSSR count). The number of rotatable bonds is 5. The minimum absolute atomic E-state index is 0.149. The van der Waals surface area contributed by atoms with Gasteiger partial charge in [0.25, 0.3) is 11.8 Å². The predicted molar refractivity (Wildman–Crippen MR) is 135 cm³/mol. The zero-order valence-corrected chi connectivity index (χ0v) is 21.1. The Morgan fingerprint density at radius 2 is 1.76 bits per heavy atom. The summed E-state index contributed by atoms with van der Waals surface area (Å²) in [7, 11) is 0. The second-order valence-corrected chi connectivity index (χ2v) is 10.4. The number of benzene rings is 2. The molecule has 2 aliphatic rings. The van der Waals surface area contributed by atoms with Gasteiger partial charge in [0.15, 0.2) is 0 Å². The van der Waals surface area contributed by atoms with Gasteiger partial charge in [0, 0.05) is 34.4 Å². The predicted octanol–water partition coefficient (Wildman–Crippen LogP) is 5.35. The number of imide groups is 1. The van der Waals surface area contributed by atoms with Crippen molar-refractivity contribution in [1.82, 2.24) is 14.8 Å². The molecule has 0 saturated carbocycles. The summed E-state index contributed by atoms with van der Waals surface area (Å²) in [5.74, 6) is -0.601. The average molecular weight is 538 g/mol. The first-order valence-corrected chi connectivity index (χ1v) is 13.1. The van der Waals surface area contributed by atoms with Gasteiger partial charge in [0.1, 0.15) is 6.04 Å². The molecule has 1 fully saturated rings. The number of fused-ring (bicyclic) bond motifs is 1. The highest BCUT2D eigenvalue weighted by Crippen LogP contribution is 2.34. The Morgan fingerprint density at radius 1 is 1.09 bits per heavy atom. The molecular weight excluding hydrogens is 514 g/mol. The molecule has 3 aromatic rings. The van der Waals surface area contributed by atoms with E-state index in [4.69, 9.17) is 4.98 Å². The first kappa shape index (κ1) is 22.9. The maximum Gasteiger partial charge on any atom is 0.262 e. The lowest BCUT2D eigenvalue weighted by Crippen LogP contribution is -2.52. The van der Waals surface area contributed by atoms with Crippen LogP contribution in [0.5, 0.6) is 0 Å². The van der Waals surface area contributed by atoms with Gasteiger partial charge in [-0.25, -0.2) is 4.98 Å². The lowest BCUT2D eigenvalue weighted by molar-refractivity contribution is -0.136. The number of halogens is 1. The zero-order chi connectivity index (χ0) is 23.8. The molecule has 2 aliphatic heterocycles. The van der Waals surface area contributed by atoms with E-state index < -0.39 is 6.04 Å². The first-order valence-electron chi connectivity index (χ1n) is 11.4. The number of piperidine rings is 1. The van der Waals surface area contributed by atoms with Crippen LogP contribution in [-0.4, -0.2) is 51.6 Å². The molecule has 1 unspecified atom stereocenters. The van der Waals surface area contributed by atoms with Crippen LogP contribution in [0.3, 0.4) is 0 Å². The van der Waals surface area contributed by atoms with E-state index in [1.165, 1.54) is 0 Å². The molecule has 0 N–H and O–H groups in total. The van der Waals surface area contributed by atoms with Crippen molar-refractivity contribution in [3.8, 4) is 11.3 Å². The summed E-state index contributed by atoms with van der Waals surface area (Å²) in [4.78, 5) is 47.0. The highest BCUT2D eigenvalue weighted by molar-refractivity contribution is 9.10. The first-order chi connectivity index (χ1) is 16.5. The van der Waals surface area contributed by atoms with Gasteiger partial charge in [-0.2, -0.15) is 0 Å². The molecule has 174 valence electrons. The molecule has 6 nitrogen and oxygen atoms in total. The van der Waals surface area contributed by atoms with Gasteiger partial charge < -0.3 is 4.90 Å². The topological polar surface area (TPSA) is 70.6 Å². The molecule has 2 aromatic carbocycles. The maximum absolute atomic E-state index is 13.4. The number of carbonyl (C=O) groups excluding carboxylic acids is 3. The quantitative estimate of drug-likeness (QED) is 0.411. The van der Waals surface area contributed by atoms with Crippen molar-refractivity contribution in [3.05, 3.63) is 74.5 Å². The van der Waals surface area contributed by atoms with Crippen LogP contribution in [0.1, 0.15) is 57.8 Å². The van der Waals surface area contributed by atoms with Crippen LogP contribution in [0, 0.1) is 0 Å². The van der Waals surface area contributed by atoms with Gasteiger partial charge in [0.05, 0.1) is 21.8 Å². The molecule has 0 bridgehead atoms. The highest BCUT2D eigenvalue weighted by Gasteiger charge is 2.43. The van der Waals surface area contributed by atoms with Gasteiger partial charge in [-0.15, -0.1) is 11.3 Å². The molecule has 0 spiro atoms. The maximum atomic E-state index is 13.4. The van der Waals surface area contributed by atoms with Crippen molar-refractivity contribution in [3.63, 3.8) is 0 Å². The Bertz CT molecular complexity index is 1230. The third kappa shape index (κ3) is 4.09. The lowest BCUT2D eigenvalue weighted by Gasteiger charge is -2.35. The van der Waals surface area contributed by atoms with Gasteiger partial charge in [-0.1, -0.05) is 47.1 Å². The highest BCUT2D eigenvalue weighted by atomic mass is 79.9. The number of likely N-dealkylation sites (tertiary alicyclic amines) is 1. The summed E-state index contributed by atoms with van der Waals surface area (Å²) < 4.78 is 1.02. The standard InChI is InChI=1S/C26H24BrN3O3S/c1-2-22(30-24(31)19-8-3-4-9-20(19)25(30)32)26(33)29-12-10-16(11-13-29)23-28-21(15-34-23)17-6-5-7-18(27)14-17/h3-9,14-16,22H,2,10-13H2,1H3. The summed E-state index contributed by atoms with van der Waals surface area (Å²) in [6.07, 6.45) is 2.03. The van der Waals surface area contributed by atoms with Gasteiger partial charge in [-0.05, 0) is 43.5 Å². The van der Waals surface area contributed by atoms with E-state index >= 15 is 0 Å². The summed E-state index contributed by atoms with van der Waals surface area (Å²) in [5.41, 5.74) is 2.80. The molecule has 0 radical (unpaired) electrons. The normalized spacial score (nSPS) is 17.2. The minimum Gasteiger partial charge on any atom is -0.341 e. The van der Waals surface area contributed by atoms with Crippen LogP contribution in [-0.2, 0) is 4.79 Å². The van der Waals surface area contributed by atoms with Crippen molar-refractivity contribution in [2.75, 3.05) is 13.1 Å². The fourth-order valence-corrected chi connectivity index (χ4v) is 6.17. The van der Waals surface area contributed by atoms with Crippen LogP contribution < -0.4 is 0 Å². The molecule has 1 atom stereocenters. The third-order valence-corrected chi connectivity index (χ3v) is 8.11. The summed E-state index contributed by atoms with van der Waals surface area (Å²) in [5, 5.41) is 3.18. The van der Waals surface area contributed by atoms with Gasteiger partial charge in [-0.3, -0.25) is 19.3 Å². The number of hydrogen-bond donors (Lipinski definition) is 0. The van der Waals surface area contributed by atoms with Gasteiger partial charge in [0.2, 0.25) is 5.91 Å². The van der Waals surface area contributed by atoms with Crippen molar-refractivity contribution in [1.29, 1.82) is 0 Å². The third-order valence-electron chi connectivity index (χ3n) is 6.61. The largest absolute Gasteiger partial charge is 0.341 e. The van der Waals surface area contributed by atoms with Crippen LogP contribution in [0.15, 0.2) is 58.4 Å². The second kappa shape index (κ2) is 9.43. The summed E-state index contributed by atoms with van der Waals surface area (Å²) in [6.45, 7) is 3.03. The van der Waals surface area contributed by atoms with E-state index in [0.29, 0.717) is 36.6 Å². The second-order valence-electron chi connectivity index (χ2n) is 8.63. The number of thiazole rings is 1. The van der Waals surface area contributed by atoms with E-state index in [2.05, 4.69) is 33.4 Å². The van der Waals surface area contributed by atoms with E-state index in [1.54, 1.807) is 40.5 Å². The van der Waals surface area contributed by atoms with Crippen molar-refractivity contribution in [2.24, 2.45) is 0 Å². The number of aromatic nitrogens is 1. The summed E-state index contributed by atoms with van der Waals surface area (Å²) in [6, 6.07) is 14.1. The molecule has 1 aromatic heterocycles. The average Bonchev–Trinajstić information content (AvgIpc) is 3.45. The van der Waals surface area contributed by atoms with Gasteiger partial charge >= 0.3 is 0 Å². The molecule has 0 aliphatic carbocycles. The minimum atomic E-state index is -0.771. The van der Waals surface area contributed by atoms with Crippen molar-refractivity contribution >= 4 is 45.0 Å². The van der Waals surface area contributed by atoms with Crippen LogP contribution in [0.2, 0.25) is 0 Å². The van der Waals surface area contributed by atoms with Crippen LogP contribution >= 0.6 is 27.3 Å². The Balaban J connectivity index is 1.25. The number of hydrogen-bond acceptors (Lipinski definition) is 5. The molecule has 3 amide bonds. The Hall–Kier alpha value is -2.84. The molecular formula is C26H24BrN3O3S. The van der Waals surface area contributed by atoms with Crippen molar-refractivity contribution in [2.45, 2.75) is 38.1 Å². The SMILES string of the molecule is CCC(C(=O)N1CCC(c2nc(-c3cccc(Br)c3)cs2)CC1)N1C(=O)c2ccccc2C1=O. The molecule has 3 heterocycles. The Morgan fingerprint density at radius 3 is 2.38 bits per heavy atom. The fraction of sp³-hybridized carbons (Fsp3) is 0.308. The number of amides is 3. The zero-order valence-electron chi connectivity index (χ0n) is 18.7. The number of nitrogens with zero attached hydrogens (tertiary/aromatic N) is 3. The molecule has 8 heteroatoms. The summed E-state index contributed by atoms with van der Waals surface area (Å²) >= 11 is 5.18. The van der Waals surface area contributed by atoms with E-state index in [9.17, 15) is 14.4 Å². The lowest BCUT2D eigenvalue weighted by atomic mass is 9.96. The fourth-order valence-electron chi connectivity index (χ4n) is 4.77. The Kier molecular flexibility index (Phi) is 6.36. The van der Waals surface area contributed by atoms with E-state index in [-0.39, 0.29) is 17.7 Å². The molecule has 34 heavy (non-hydrogen) atoms. The number of carbonyl (C=O) groups is 3. The monoisotopic (exact) mass is 537 g/mol. The smallest absolute Gasteiger partial charge is 0.262 e. The van der Waals surface area contributed by atoms with Crippen molar-refractivity contribution < 1.29 is 14.4 Å².